The Bertz CT molecular complexity index is 1290. The molecule has 0 aromatic rings. The topological polar surface area (TPSA) is 225 Å². The second kappa shape index (κ2) is 43.8. The van der Waals surface area contributed by atoms with Crippen LogP contribution in [0.4, 0.5) is 0 Å². The lowest BCUT2D eigenvalue weighted by Gasteiger charge is -2.19. The number of ether oxygens (including phenoxy) is 2. The molecule has 0 spiro atoms. The molecule has 0 rings (SSSR count). The first-order chi connectivity index (χ1) is 30.8. The highest BCUT2D eigenvalue weighted by Gasteiger charge is 2.28. The Morgan fingerprint density at radius 1 is 0.406 bits per heavy atom. The summed E-state index contributed by atoms with van der Waals surface area (Å²) >= 11 is 0. The Morgan fingerprint density at radius 2 is 0.703 bits per heavy atom. The first-order valence-corrected chi connectivity index (χ1v) is 27.3. The largest absolute Gasteiger partial charge is 0.472 e. The van der Waals surface area contributed by atoms with Crippen LogP contribution in [0.25, 0.3) is 0 Å². The molecule has 0 aliphatic rings. The summed E-state index contributed by atoms with van der Waals surface area (Å²) in [5.41, 5.74) is 0. The van der Waals surface area contributed by atoms with Gasteiger partial charge in [0.25, 0.3) is 0 Å². The summed E-state index contributed by atoms with van der Waals surface area (Å²) in [6.45, 7) is 0.346. The third kappa shape index (κ3) is 45.4. The summed E-state index contributed by atoms with van der Waals surface area (Å²) in [5.74, 6) is -1.06. The van der Waals surface area contributed by atoms with Gasteiger partial charge in [-0.3, -0.25) is 27.7 Å². The molecule has 15 nitrogen and oxygen atoms in total. The number of unbranched alkanes of at least 4 members (excludes halogenated alkanes) is 21. The maximum atomic E-state index is 12.2. The minimum Gasteiger partial charge on any atom is -0.463 e. The fourth-order valence-corrected chi connectivity index (χ4v) is 7.85. The highest BCUT2D eigenvalue weighted by Crippen LogP contribution is 2.45. The number of hydrogen-bond acceptors (Lipinski definition) is 13. The molecule has 0 aliphatic carbocycles. The van der Waals surface area contributed by atoms with Crippen molar-refractivity contribution in [2.75, 3.05) is 39.6 Å². The molecule has 0 aliphatic heterocycles. The lowest BCUT2D eigenvalue weighted by molar-refractivity contribution is -0.148. The van der Waals surface area contributed by atoms with Crippen molar-refractivity contribution in [3.63, 3.8) is 0 Å². The number of allylic oxidation sites excluding steroid dienone is 6. The van der Waals surface area contributed by atoms with Gasteiger partial charge in [0.15, 0.2) is 0 Å². The molecule has 0 fully saturated rings. The maximum Gasteiger partial charge on any atom is 0.472 e. The van der Waals surface area contributed by atoms with Gasteiger partial charge in [-0.1, -0.05) is 159 Å². The van der Waals surface area contributed by atoms with Gasteiger partial charge < -0.3 is 34.6 Å². The fraction of sp³-hybridized carbons (Fsp3) is 0.830. The molecule has 64 heavy (non-hydrogen) atoms. The smallest absolute Gasteiger partial charge is 0.463 e. The van der Waals surface area contributed by atoms with E-state index in [0.29, 0.717) is 12.8 Å². The van der Waals surface area contributed by atoms with Crippen molar-refractivity contribution in [1.29, 1.82) is 0 Å². The Kier molecular flexibility index (Phi) is 42.6. The standard InChI is InChI=1S/C47H88O15P2/c1-3-5-7-9-11-13-15-17-18-19-20-21-22-24-26-28-30-32-34-36-47(52)58-38-44(49)40-60-64(55,56)62-42-45(50)41-61-63(53,54)59-39-43(48)37-57-46(51)35-33-31-29-27-25-23-16-14-12-10-8-6-4-2/h17-18,23,25,29,31,43-45,48-50H,3-16,19-22,24,26-28,30,32-42H2,1-2H3,(H,53,54)(H,55,56)/b18-17+,25-23-,31-29+. The molecule has 0 saturated heterocycles. The van der Waals surface area contributed by atoms with Crippen LogP contribution in [0.3, 0.4) is 0 Å². The van der Waals surface area contributed by atoms with Crippen molar-refractivity contribution in [3.05, 3.63) is 36.5 Å². The molecule has 5 atom stereocenters. The predicted molar refractivity (Wildman–Crippen MR) is 251 cm³/mol. The van der Waals surface area contributed by atoms with Gasteiger partial charge in [0.05, 0.1) is 26.4 Å². The predicted octanol–water partition coefficient (Wildman–Crippen LogP) is 11.1. The summed E-state index contributed by atoms with van der Waals surface area (Å²) in [7, 11) is -9.58. The highest BCUT2D eigenvalue weighted by molar-refractivity contribution is 7.47. The number of esters is 2. The van der Waals surface area contributed by atoms with Crippen LogP contribution in [0.15, 0.2) is 36.5 Å². The van der Waals surface area contributed by atoms with E-state index in [9.17, 15) is 43.8 Å². The third-order valence-electron chi connectivity index (χ3n) is 10.1. The van der Waals surface area contributed by atoms with Crippen LogP contribution in [-0.4, -0.2) is 95.0 Å². The van der Waals surface area contributed by atoms with E-state index < -0.39 is 85.5 Å². The highest BCUT2D eigenvalue weighted by atomic mass is 31.2. The summed E-state index contributed by atoms with van der Waals surface area (Å²) in [6.07, 6.45) is 38.7. The fourth-order valence-electron chi connectivity index (χ4n) is 6.26. The number of aliphatic hydroxyl groups is 3. The number of rotatable bonds is 47. The molecule has 0 heterocycles. The van der Waals surface area contributed by atoms with Crippen LogP contribution in [-0.2, 0) is 46.3 Å². The van der Waals surface area contributed by atoms with Gasteiger partial charge in [-0.15, -0.1) is 0 Å². The minimum absolute atomic E-state index is 0.0909. The van der Waals surface area contributed by atoms with E-state index in [0.717, 1.165) is 32.1 Å². The van der Waals surface area contributed by atoms with Gasteiger partial charge in [-0.05, 0) is 57.8 Å². The number of aliphatic hydroxyl groups excluding tert-OH is 3. The van der Waals surface area contributed by atoms with E-state index in [4.69, 9.17) is 9.47 Å². The van der Waals surface area contributed by atoms with Crippen LogP contribution in [0.5, 0.6) is 0 Å². The number of carbonyl (C=O) groups is 2. The van der Waals surface area contributed by atoms with E-state index in [-0.39, 0.29) is 12.8 Å². The Balaban J connectivity index is 3.90. The zero-order chi connectivity index (χ0) is 47.4. The van der Waals surface area contributed by atoms with Crippen LogP contribution < -0.4 is 0 Å². The van der Waals surface area contributed by atoms with Crippen molar-refractivity contribution < 1.29 is 71.4 Å². The Morgan fingerprint density at radius 3 is 1.09 bits per heavy atom. The van der Waals surface area contributed by atoms with Crippen molar-refractivity contribution >= 4 is 27.6 Å². The van der Waals surface area contributed by atoms with Crippen LogP contribution in [0.2, 0.25) is 0 Å². The van der Waals surface area contributed by atoms with Crippen molar-refractivity contribution in [2.24, 2.45) is 0 Å². The molecule has 0 amide bonds. The molecule has 5 unspecified atom stereocenters. The molecule has 5 N–H and O–H groups in total. The summed E-state index contributed by atoms with van der Waals surface area (Å²) in [5, 5.41) is 30.0. The van der Waals surface area contributed by atoms with E-state index in [2.05, 4.69) is 56.2 Å². The van der Waals surface area contributed by atoms with Crippen LogP contribution in [0, 0.1) is 0 Å². The monoisotopic (exact) mass is 955 g/mol. The molecule has 0 radical (unpaired) electrons. The lowest BCUT2D eigenvalue weighted by atomic mass is 10.1. The molecule has 0 aromatic heterocycles. The van der Waals surface area contributed by atoms with Crippen molar-refractivity contribution in [2.45, 2.75) is 212 Å². The normalized spacial score (nSPS) is 15.4. The van der Waals surface area contributed by atoms with Gasteiger partial charge in [-0.2, -0.15) is 0 Å². The zero-order valence-corrected chi connectivity index (χ0v) is 41.2. The summed E-state index contributed by atoms with van der Waals surface area (Å²) in [4.78, 5) is 43.7. The first kappa shape index (κ1) is 62.3. The molecule has 0 bridgehead atoms. The number of phosphoric acid groups is 2. The number of phosphoric ester groups is 2. The van der Waals surface area contributed by atoms with E-state index in [1.54, 1.807) is 0 Å². The average molecular weight is 955 g/mol. The third-order valence-corrected chi connectivity index (χ3v) is 12.0. The van der Waals surface area contributed by atoms with Crippen LogP contribution >= 0.6 is 15.6 Å². The Hall–Kier alpha value is -1.74. The van der Waals surface area contributed by atoms with Gasteiger partial charge in [0, 0.05) is 12.8 Å². The quantitative estimate of drug-likeness (QED) is 0.0166. The van der Waals surface area contributed by atoms with Gasteiger partial charge in [0.1, 0.15) is 31.5 Å². The van der Waals surface area contributed by atoms with Gasteiger partial charge in [-0.25, -0.2) is 9.13 Å². The van der Waals surface area contributed by atoms with Gasteiger partial charge >= 0.3 is 27.6 Å². The maximum absolute atomic E-state index is 12.2. The van der Waals surface area contributed by atoms with E-state index >= 15 is 0 Å². The second-order valence-electron chi connectivity index (χ2n) is 16.5. The molecule has 376 valence electrons. The average Bonchev–Trinajstić information content (AvgIpc) is 3.27. The molecular formula is C47H88O15P2. The van der Waals surface area contributed by atoms with Gasteiger partial charge in [0.2, 0.25) is 0 Å². The summed E-state index contributed by atoms with van der Waals surface area (Å²) < 4.78 is 52.9. The zero-order valence-electron chi connectivity index (χ0n) is 39.5. The molecule has 0 saturated carbocycles. The molecule has 17 heteroatoms. The molecule has 0 aromatic carbocycles. The van der Waals surface area contributed by atoms with Crippen molar-refractivity contribution in [1.82, 2.24) is 0 Å². The van der Waals surface area contributed by atoms with E-state index in [1.165, 1.54) is 122 Å². The number of hydrogen-bond donors (Lipinski definition) is 5. The summed E-state index contributed by atoms with van der Waals surface area (Å²) in [6, 6.07) is 0. The second-order valence-corrected chi connectivity index (χ2v) is 19.4. The number of carbonyl (C=O) groups excluding carboxylic acids is 2. The lowest BCUT2D eigenvalue weighted by Crippen LogP contribution is -2.25. The first-order valence-electron chi connectivity index (χ1n) is 24.3. The van der Waals surface area contributed by atoms with Crippen molar-refractivity contribution in [3.8, 4) is 0 Å². The van der Waals surface area contributed by atoms with E-state index in [1.807, 2.05) is 12.2 Å². The Labute approximate surface area is 386 Å². The minimum atomic E-state index is -4.79. The molecular weight excluding hydrogens is 866 g/mol. The SMILES string of the molecule is CCCCCCCC/C=C\C/C=C/CCC(=O)OCC(O)COP(=O)(O)OCC(O)COP(=O)(O)OCC(O)COC(=O)CCCCCCCCCCC/C=C/CCCCCCCC. The van der Waals surface area contributed by atoms with Crippen LogP contribution in [0.1, 0.15) is 194 Å².